The van der Waals surface area contributed by atoms with Crippen molar-refractivity contribution in [3.05, 3.63) is 36.0 Å². The van der Waals surface area contributed by atoms with Gasteiger partial charge in [0.2, 0.25) is 11.8 Å². The number of nitrogens with one attached hydrogen (secondary N) is 1. The summed E-state index contributed by atoms with van der Waals surface area (Å²) in [5.41, 5.74) is 2.02. The molecule has 5 nitrogen and oxygen atoms in total. The number of aromatic nitrogens is 1. The average molecular weight is 299 g/mol. The predicted octanol–water partition coefficient (Wildman–Crippen LogP) is 1.79. The van der Waals surface area contributed by atoms with Gasteiger partial charge >= 0.3 is 0 Å². The van der Waals surface area contributed by atoms with E-state index in [4.69, 9.17) is 0 Å². The number of carbonyl (C=O) groups excluding carboxylic acids is 2. The number of fused-ring (bicyclic) bond motifs is 1. The normalized spacial score (nSPS) is 17.9. The van der Waals surface area contributed by atoms with E-state index in [-0.39, 0.29) is 17.9 Å². The van der Waals surface area contributed by atoms with Crippen LogP contribution < -0.4 is 0 Å². The Morgan fingerprint density at radius 3 is 2.86 bits per heavy atom. The maximum atomic E-state index is 12.6. The highest BCUT2D eigenvalue weighted by atomic mass is 16.2. The second-order valence-corrected chi connectivity index (χ2v) is 6.01. The number of amides is 2. The van der Waals surface area contributed by atoms with Crippen LogP contribution >= 0.6 is 0 Å². The molecule has 2 amide bonds. The first-order valence-corrected chi connectivity index (χ1v) is 7.63. The van der Waals surface area contributed by atoms with Crippen LogP contribution in [0.3, 0.4) is 0 Å². The number of hydrogen-bond donors (Lipinski definition) is 1. The summed E-state index contributed by atoms with van der Waals surface area (Å²) in [5, 5.41) is 1.07. The van der Waals surface area contributed by atoms with Gasteiger partial charge in [-0.3, -0.25) is 9.59 Å². The van der Waals surface area contributed by atoms with Gasteiger partial charge in [0.05, 0.1) is 6.42 Å². The van der Waals surface area contributed by atoms with Crippen molar-refractivity contribution in [2.24, 2.45) is 0 Å². The van der Waals surface area contributed by atoms with Crippen molar-refractivity contribution in [2.45, 2.75) is 25.3 Å². The molecule has 1 unspecified atom stereocenters. The lowest BCUT2D eigenvalue weighted by molar-refractivity contribution is -0.141. The Bertz CT molecular complexity index is 705. The van der Waals surface area contributed by atoms with E-state index in [9.17, 15) is 9.59 Å². The number of carbonyl (C=O) groups is 2. The molecule has 0 spiro atoms. The minimum Gasteiger partial charge on any atom is -0.361 e. The van der Waals surface area contributed by atoms with Gasteiger partial charge in [-0.05, 0) is 24.5 Å². The van der Waals surface area contributed by atoms with E-state index in [0.29, 0.717) is 13.0 Å². The Hall–Kier alpha value is -2.30. The molecule has 1 aromatic carbocycles. The van der Waals surface area contributed by atoms with E-state index in [1.807, 2.05) is 30.5 Å². The zero-order valence-corrected chi connectivity index (χ0v) is 13.0. The highest BCUT2D eigenvalue weighted by Crippen LogP contribution is 2.23. The SMILES string of the molecule is CN(C)C(=O)C1CCCN1C(=O)Cc1c[nH]c2ccccc12. The standard InChI is InChI=1S/C17H21N3O2/c1-19(2)17(22)15-8-5-9-20(15)16(21)10-12-11-18-14-7-4-3-6-13(12)14/h3-4,6-7,11,15,18H,5,8-10H2,1-2H3. The third-order valence-corrected chi connectivity index (χ3v) is 4.32. The van der Waals surface area contributed by atoms with Gasteiger partial charge in [0.15, 0.2) is 0 Å². The largest absolute Gasteiger partial charge is 0.361 e. The summed E-state index contributed by atoms with van der Waals surface area (Å²) < 4.78 is 0. The summed E-state index contributed by atoms with van der Waals surface area (Å²) in [4.78, 5) is 31.3. The lowest BCUT2D eigenvalue weighted by Gasteiger charge is -2.26. The molecule has 116 valence electrons. The molecule has 1 N–H and O–H groups in total. The van der Waals surface area contributed by atoms with Crippen LogP contribution in [0.2, 0.25) is 0 Å². The van der Waals surface area contributed by atoms with Gasteiger partial charge in [0.25, 0.3) is 0 Å². The van der Waals surface area contributed by atoms with Crippen LogP contribution in [-0.4, -0.2) is 53.3 Å². The molecule has 0 radical (unpaired) electrons. The molecule has 5 heteroatoms. The van der Waals surface area contributed by atoms with Crippen molar-refractivity contribution in [2.75, 3.05) is 20.6 Å². The second kappa shape index (κ2) is 5.83. The van der Waals surface area contributed by atoms with Crippen LogP contribution in [0.15, 0.2) is 30.5 Å². The fraction of sp³-hybridized carbons (Fsp3) is 0.412. The predicted molar refractivity (Wildman–Crippen MR) is 85.4 cm³/mol. The van der Waals surface area contributed by atoms with Crippen LogP contribution in [0, 0.1) is 0 Å². The number of rotatable bonds is 3. The van der Waals surface area contributed by atoms with Gasteiger partial charge in [0.1, 0.15) is 6.04 Å². The molecule has 1 aliphatic heterocycles. The second-order valence-electron chi connectivity index (χ2n) is 6.01. The Balaban J connectivity index is 1.78. The van der Waals surface area contributed by atoms with Crippen molar-refractivity contribution in [1.82, 2.24) is 14.8 Å². The Morgan fingerprint density at radius 2 is 2.09 bits per heavy atom. The van der Waals surface area contributed by atoms with E-state index >= 15 is 0 Å². The topological polar surface area (TPSA) is 56.4 Å². The minimum absolute atomic E-state index is 0.0183. The summed E-state index contributed by atoms with van der Waals surface area (Å²) in [6.07, 6.45) is 3.88. The molecule has 1 fully saturated rings. The Kier molecular flexibility index (Phi) is 3.88. The lowest BCUT2D eigenvalue weighted by Crippen LogP contribution is -2.45. The number of para-hydroxylation sites is 1. The van der Waals surface area contributed by atoms with Crippen molar-refractivity contribution >= 4 is 22.7 Å². The maximum Gasteiger partial charge on any atom is 0.244 e. The molecule has 0 aliphatic carbocycles. The van der Waals surface area contributed by atoms with Gasteiger partial charge < -0.3 is 14.8 Å². The number of likely N-dealkylation sites (N-methyl/N-ethyl adjacent to an activating group) is 1. The minimum atomic E-state index is -0.298. The van der Waals surface area contributed by atoms with Gasteiger partial charge in [-0.2, -0.15) is 0 Å². The fourth-order valence-corrected chi connectivity index (χ4v) is 3.16. The smallest absolute Gasteiger partial charge is 0.244 e. The number of nitrogens with zero attached hydrogens (tertiary/aromatic N) is 2. The summed E-state index contributed by atoms with van der Waals surface area (Å²) in [6, 6.07) is 7.65. The maximum absolute atomic E-state index is 12.6. The van der Waals surface area contributed by atoms with Crippen molar-refractivity contribution in [1.29, 1.82) is 0 Å². The monoisotopic (exact) mass is 299 g/mol. The van der Waals surface area contributed by atoms with Gasteiger partial charge in [-0.1, -0.05) is 18.2 Å². The van der Waals surface area contributed by atoms with Gasteiger partial charge in [0, 0.05) is 37.7 Å². The molecule has 1 atom stereocenters. The Labute approximate surface area is 129 Å². The molecular weight excluding hydrogens is 278 g/mol. The summed E-state index contributed by atoms with van der Waals surface area (Å²) in [6.45, 7) is 0.672. The quantitative estimate of drug-likeness (QED) is 0.939. The highest BCUT2D eigenvalue weighted by Gasteiger charge is 2.34. The number of hydrogen-bond acceptors (Lipinski definition) is 2. The number of benzene rings is 1. The lowest BCUT2D eigenvalue weighted by atomic mass is 10.1. The van der Waals surface area contributed by atoms with E-state index in [1.165, 1.54) is 0 Å². The van der Waals surface area contributed by atoms with E-state index < -0.39 is 0 Å². The highest BCUT2D eigenvalue weighted by molar-refractivity contribution is 5.92. The number of H-pyrrole nitrogens is 1. The van der Waals surface area contributed by atoms with Crippen molar-refractivity contribution in [3.8, 4) is 0 Å². The van der Waals surface area contributed by atoms with E-state index in [0.717, 1.165) is 29.3 Å². The van der Waals surface area contributed by atoms with Crippen molar-refractivity contribution < 1.29 is 9.59 Å². The molecular formula is C17H21N3O2. The molecule has 1 saturated heterocycles. The molecule has 3 rings (SSSR count). The van der Waals surface area contributed by atoms with Gasteiger partial charge in [-0.25, -0.2) is 0 Å². The zero-order valence-electron chi connectivity index (χ0n) is 13.0. The first-order chi connectivity index (χ1) is 10.6. The van der Waals surface area contributed by atoms with Crippen molar-refractivity contribution in [3.63, 3.8) is 0 Å². The van der Waals surface area contributed by atoms with Crippen LogP contribution in [0.4, 0.5) is 0 Å². The summed E-state index contributed by atoms with van der Waals surface area (Å²) in [7, 11) is 3.48. The first kappa shape index (κ1) is 14.6. The van der Waals surface area contributed by atoms with Crippen LogP contribution in [0.1, 0.15) is 18.4 Å². The molecule has 1 aliphatic rings. The van der Waals surface area contributed by atoms with Crippen LogP contribution in [0.25, 0.3) is 10.9 Å². The van der Waals surface area contributed by atoms with Gasteiger partial charge in [-0.15, -0.1) is 0 Å². The molecule has 2 heterocycles. The molecule has 2 aromatic rings. The van der Waals surface area contributed by atoms with Crippen LogP contribution in [-0.2, 0) is 16.0 Å². The molecule has 0 bridgehead atoms. The van der Waals surface area contributed by atoms with Crippen LogP contribution in [0.5, 0.6) is 0 Å². The third kappa shape index (κ3) is 2.58. The number of aromatic amines is 1. The third-order valence-electron chi connectivity index (χ3n) is 4.32. The zero-order chi connectivity index (χ0) is 15.7. The first-order valence-electron chi connectivity index (χ1n) is 7.63. The summed E-state index contributed by atoms with van der Waals surface area (Å²) in [5.74, 6) is 0.0484. The molecule has 1 aromatic heterocycles. The number of likely N-dealkylation sites (tertiary alicyclic amines) is 1. The Morgan fingerprint density at radius 1 is 1.32 bits per heavy atom. The van der Waals surface area contributed by atoms with E-state index in [1.54, 1.807) is 23.9 Å². The molecule has 0 saturated carbocycles. The fourth-order valence-electron chi connectivity index (χ4n) is 3.16. The summed E-state index contributed by atoms with van der Waals surface area (Å²) >= 11 is 0. The van der Waals surface area contributed by atoms with E-state index in [2.05, 4.69) is 4.98 Å². The average Bonchev–Trinajstić information content (AvgIpc) is 3.13. The molecule has 22 heavy (non-hydrogen) atoms.